The van der Waals surface area contributed by atoms with Crippen LogP contribution in [-0.4, -0.2) is 70.4 Å². The third kappa shape index (κ3) is 3.38. The lowest BCUT2D eigenvalue weighted by Gasteiger charge is -2.57. The normalized spacial score (nSPS) is 28.8. The Labute approximate surface area is 191 Å². The minimum atomic E-state index is -0.647. The average molecular weight is 437 g/mol. The molecule has 172 valence electrons. The van der Waals surface area contributed by atoms with Gasteiger partial charge in [-0.2, -0.15) is 0 Å². The van der Waals surface area contributed by atoms with E-state index in [2.05, 4.69) is 29.8 Å². The standard InChI is InChI=1S/C26H36N4O2/c1-25(2)21-7-6-20(22(25)17-21)18-29-15-10-26(11-16-29)23(31)30(24(32)28(26)3)14-4-5-19-8-12-27-13-9-19/h6,8-9,12-13,21-22H,4-5,7,10-11,14-18H2,1-3H3/t21-,22-/m0/s1. The first-order chi connectivity index (χ1) is 15.3. The summed E-state index contributed by atoms with van der Waals surface area (Å²) in [4.78, 5) is 36.1. The Morgan fingerprint density at radius 2 is 1.84 bits per heavy atom. The third-order valence-corrected chi connectivity index (χ3v) is 9.07. The molecule has 0 aromatic carbocycles. The Bertz CT molecular complexity index is 917. The fraction of sp³-hybridized carbons (Fsp3) is 0.654. The smallest absolute Gasteiger partial charge is 0.312 e. The molecule has 5 aliphatic rings. The summed E-state index contributed by atoms with van der Waals surface area (Å²) in [6, 6.07) is 3.85. The Morgan fingerprint density at radius 3 is 2.50 bits per heavy atom. The van der Waals surface area contributed by atoms with Crippen molar-refractivity contribution < 1.29 is 9.59 Å². The molecule has 3 amide bonds. The van der Waals surface area contributed by atoms with Gasteiger partial charge < -0.3 is 4.90 Å². The zero-order chi connectivity index (χ0) is 22.5. The lowest BCUT2D eigenvalue weighted by molar-refractivity contribution is -0.135. The molecule has 3 aliphatic carbocycles. The number of urea groups is 1. The molecule has 3 heterocycles. The summed E-state index contributed by atoms with van der Waals surface area (Å²) in [6.07, 6.45) is 11.7. The van der Waals surface area contributed by atoms with Gasteiger partial charge in [0.15, 0.2) is 0 Å². The fourth-order valence-corrected chi connectivity index (χ4v) is 6.58. The molecule has 2 saturated heterocycles. The molecular weight excluding hydrogens is 400 g/mol. The molecule has 6 heteroatoms. The summed E-state index contributed by atoms with van der Waals surface area (Å²) < 4.78 is 0. The van der Waals surface area contributed by atoms with Gasteiger partial charge in [-0.3, -0.25) is 19.6 Å². The summed E-state index contributed by atoms with van der Waals surface area (Å²) in [5.41, 5.74) is 2.60. The zero-order valence-corrected chi connectivity index (χ0v) is 19.7. The van der Waals surface area contributed by atoms with E-state index >= 15 is 0 Å². The second-order valence-electron chi connectivity index (χ2n) is 10.9. The van der Waals surface area contributed by atoms with Gasteiger partial charge in [-0.1, -0.05) is 25.5 Å². The number of hydrogen-bond acceptors (Lipinski definition) is 4. The van der Waals surface area contributed by atoms with Crippen LogP contribution in [0, 0.1) is 17.3 Å². The summed E-state index contributed by atoms with van der Waals surface area (Å²) in [5.74, 6) is 1.60. The Morgan fingerprint density at radius 1 is 1.12 bits per heavy atom. The van der Waals surface area contributed by atoms with Gasteiger partial charge in [-0.05, 0) is 73.5 Å². The van der Waals surface area contributed by atoms with Crippen molar-refractivity contribution in [1.82, 2.24) is 19.7 Å². The average Bonchev–Trinajstić information content (AvgIpc) is 2.97. The maximum atomic E-state index is 13.4. The van der Waals surface area contributed by atoms with E-state index in [4.69, 9.17) is 0 Å². The van der Waals surface area contributed by atoms with Crippen molar-refractivity contribution in [1.29, 1.82) is 0 Å². The third-order valence-electron chi connectivity index (χ3n) is 9.07. The van der Waals surface area contributed by atoms with Crippen molar-refractivity contribution >= 4 is 11.9 Å². The number of hydrogen-bond donors (Lipinski definition) is 0. The topological polar surface area (TPSA) is 56.8 Å². The Kier molecular flexibility index (Phi) is 5.39. The number of piperidine rings is 1. The van der Waals surface area contributed by atoms with Gasteiger partial charge in [0.25, 0.3) is 5.91 Å². The second-order valence-corrected chi connectivity index (χ2v) is 10.9. The van der Waals surface area contributed by atoms with Gasteiger partial charge in [0, 0.05) is 45.6 Å². The highest BCUT2D eigenvalue weighted by molar-refractivity contribution is 6.07. The molecule has 6 rings (SSSR count). The molecule has 1 aromatic heterocycles. The molecule has 0 unspecified atom stereocenters. The summed E-state index contributed by atoms with van der Waals surface area (Å²) in [5, 5.41) is 0. The number of pyridine rings is 1. The van der Waals surface area contributed by atoms with Crippen LogP contribution in [0.5, 0.6) is 0 Å². The first-order valence-corrected chi connectivity index (χ1v) is 12.2. The van der Waals surface area contributed by atoms with Crippen LogP contribution in [0.1, 0.15) is 51.5 Å². The molecular formula is C26H36N4O2. The number of fused-ring (bicyclic) bond motifs is 1. The van der Waals surface area contributed by atoms with Gasteiger partial charge >= 0.3 is 6.03 Å². The van der Waals surface area contributed by atoms with E-state index in [0.29, 0.717) is 12.0 Å². The van der Waals surface area contributed by atoms with Crippen molar-refractivity contribution in [3.05, 3.63) is 41.7 Å². The van der Waals surface area contributed by atoms with E-state index in [1.54, 1.807) is 22.9 Å². The number of aryl methyl sites for hydroxylation is 1. The molecule has 6 nitrogen and oxygen atoms in total. The molecule has 0 N–H and O–H groups in total. The van der Waals surface area contributed by atoms with Crippen LogP contribution >= 0.6 is 0 Å². The predicted octanol–water partition coefficient (Wildman–Crippen LogP) is 3.74. The van der Waals surface area contributed by atoms with Crippen molar-refractivity contribution in [2.45, 2.75) is 57.9 Å². The van der Waals surface area contributed by atoms with E-state index in [-0.39, 0.29) is 11.9 Å². The monoisotopic (exact) mass is 436 g/mol. The number of amides is 3. The SMILES string of the molecule is CN1C(=O)N(CCCc2ccncc2)C(=O)C12CCN(CC1=CC[C@H]3C[C@@H]1C3(C)C)CC2. The van der Waals surface area contributed by atoms with Gasteiger partial charge in [0.05, 0.1) is 0 Å². The van der Waals surface area contributed by atoms with E-state index in [9.17, 15) is 9.59 Å². The molecule has 3 fully saturated rings. The molecule has 1 aromatic rings. The largest absolute Gasteiger partial charge is 0.327 e. The highest BCUT2D eigenvalue weighted by Gasteiger charge is 2.56. The number of likely N-dealkylation sites (tertiary alicyclic amines) is 1. The number of imide groups is 1. The molecule has 2 bridgehead atoms. The highest BCUT2D eigenvalue weighted by atomic mass is 16.2. The molecule has 0 radical (unpaired) electrons. The number of aromatic nitrogens is 1. The van der Waals surface area contributed by atoms with Gasteiger partial charge in [-0.15, -0.1) is 0 Å². The lowest BCUT2D eigenvalue weighted by Crippen LogP contribution is -2.56. The van der Waals surface area contributed by atoms with E-state index in [0.717, 1.165) is 57.2 Å². The maximum absolute atomic E-state index is 13.4. The van der Waals surface area contributed by atoms with Gasteiger partial charge in [0.1, 0.15) is 5.54 Å². The maximum Gasteiger partial charge on any atom is 0.327 e. The van der Waals surface area contributed by atoms with Crippen molar-refractivity contribution in [3.8, 4) is 0 Å². The predicted molar refractivity (Wildman–Crippen MR) is 124 cm³/mol. The van der Waals surface area contributed by atoms with Crippen molar-refractivity contribution in [3.63, 3.8) is 0 Å². The van der Waals surface area contributed by atoms with Crippen LogP contribution < -0.4 is 0 Å². The van der Waals surface area contributed by atoms with Crippen LogP contribution in [0.2, 0.25) is 0 Å². The zero-order valence-electron chi connectivity index (χ0n) is 19.7. The van der Waals surface area contributed by atoms with E-state index in [1.165, 1.54) is 23.3 Å². The number of nitrogens with zero attached hydrogens (tertiary/aromatic N) is 4. The van der Waals surface area contributed by atoms with E-state index in [1.807, 2.05) is 19.2 Å². The molecule has 32 heavy (non-hydrogen) atoms. The summed E-state index contributed by atoms with van der Waals surface area (Å²) in [7, 11) is 1.82. The quantitative estimate of drug-likeness (QED) is 0.504. The Balaban J connectivity index is 1.18. The number of carbonyl (C=O) groups is 2. The van der Waals surface area contributed by atoms with Gasteiger partial charge in [0.2, 0.25) is 0 Å². The highest BCUT2D eigenvalue weighted by Crippen LogP contribution is 2.59. The van der Waals surface area contributed by atoms with Crippen LogP contribution in [-0.2, 0) is 11.2 Å². The minimum absolute atomic E-state index is 0.0132. The summed E-state index contributed by atoms with van der Waals surface area (Å²) >= 11 is 0. The van der Waals surface area contributed by atoms with Crippen LogP contribution in [0.3, 0.4) is 0 Å². The van der Waals surface area contributed by atoms with Crippen molar-refractivity contribution in [2.75, 3.05) is 33.2 Å². The minimum Gasteiger partial charge on any atom is -0.312 e. The molecule has 1 spiro atoms. The van der Waals surface area contributed by atoms with Crippen LogP contribution in [0.25, 0.3) is 0 Å². The number of rotatable bonds is 6. The molecule has 2 atom stereocenters. The Hall–Kier alpha value is -2.21. The first kappa shape index (κ1) is 21.6. The lowest BCUT2D eigenvalue weighted by atomic mass is 9.49. The molecule has 2 aliphatic heterocycles. The number of carbonyl (C=O) groups excluding carboxylic acids is 2. The fourth-order valence-electron chi connectivity index (χ4n) is 6.58. The number of likely N-dealkylation sites (N-methyl/N-ethyl adjacent to an activating group) is 1. The van der Waals surface area contributed by atoms with Crippen LogP contribution in [0.15, 0.2) is 36.2 Å². The first-order valence-electron chi connectivity index (χ1n) is 12.2. The van der Waals surface area contributed by atoms with Crippen LogP contribution in [0.4, 0.5) is 4.79 Å². The number of allylic oxidation sites excluding steroid dienone is 1. The van der Waals surface area contributed by atoms with Gasteiger partial charge in [-0.25, -0.2) is 4.79 Å². The van der Waals surface area contributed by atoms with E-state index < -0.39 is 5.54 Å². The summed E-state index contributed by atoms with van der Waals surface area (Å²) in [6.45, 7) is 8.11. The second kappa shape index (κ2) is 7.98. The van der Waals surface area contributed by atoms with Crippen molar-refractivity contribution in [2.24, 2.45) is 17.3 Å². The molecule has 1 saturated carbocycles.